The summed E-state index contributed by atoms with van der Waals surface area (Å²) in [5.74, 6) is 6.65. The van der Waals surface area contributed by atoms with Gasteiger partial charge in [-0.3, -0.25) is 0 Å². The summed E-state index contributed by atoms with van der Waals surface area (Å²) in [6.07, 6.45) is 0. The Morgan fingerprint density at radius 1 is 1.29 bits per heavy atom. The SMILES string of the molecule is COc1ccc(/C(C)=N/N)c(OC)c1. The number of nitrogens with zero attached hydrogens (tertiary/aromatic N) is 1. The number of hydrazone groups is 1. The summed E-state index contributed by atoms with van der Waals surface area (Å²) in [6, 6.07) is 5.50. The fraction of sp³-hybridized carbons (Fsp3) is 0.300. The van der Waals surface area contributed by atoms with Gasteiger partial charge in [-0.15, -0.1) is 0 Å². The molecule has 0 saturated carbocycles. The van der Waals surface area contributed by atoms with E-state index >= 15 is 0 Å². The van der Waals surface area contributed by atoms with Crippen molar-refractivity contribution in [3.63, 3.8) is 0 Å². The Labute approximate surface area is 83.3 Å². The summed E-state index contributed by atoms with van der Waals surface area (Å²) >= 11 is 0. The first kappa shape index (κ1) is 10.4. The zero-order chi connectivity index (χ0) is 10.6. The maximum absolute atomic E-state index is 5.20. The first-order valence-corrected chi connectivity index (χ1v) is 4.19. The molecule has 0 fully saturated rings. The molecule has 1 rings (SSSR count). The Bertz CT molecular complexity index is 348. The number of benzene rings is 1. The van der Waals surface area contributed by atoms with Crippen molar-refractivity contribution in [2.45, 2.75) is 6.92 Å². The lowest BCUT2D eigenvalue weighted by Crippen LogP contribution is -2.02. The quantitative estimate of drug-likeness (QED) is 0.449. The average molecular weight is 194 g/mol. The Morgan fingerprint density at radius 3 is 2.50 bits per heavy atom. The molecule has 0 radical (unpaired) electrons. The number of nitrogens with two attached hydrogens (primary N) is 1. The maximum Gasteiger partial charge on any atom is 0.131 e. The smallest absolute Gasteiger partial charge is 0.131 e. The predicted octanol–water partition coefficient (Wildman–Crippen LogP) is 1.39. The molecular formula is C10H14N2O2. The largest absolute Gasteiger partial charge is 0.497 e. The molecule has 0 spiro atoms. The lowest BCUT2D eigenvalue weighted by Gasteiger charge is -2.09. The van der Waals surface area contributed by atoms with E-state index in [1.807, 2.05) is 19.1 Å². The van der Waals surface area contributed by atoms with E-state index < -0.39 is 0 Å². The van der Waals surface area contributed by atoms with E-state index in [0.717, 1.165) is 17.0 Å². The van der Waals surface area contributed by atoms with Crippen LogP contribution in [0.5, 0.6) is 11.5 Å². The molecule has 0 aliphatic carbocycles. The Balaban J connectivity index is 3.18. The van der Waals surface area contributed by atoms with Gasteiger partial charge >= 0.3 is 0 Å². The van der Waals surface area contributed by atoms with Crippen molar-refractivity contribution in [2.24, 2.45) is 10.9 Å². The second-order valence-electron chi connectivity index (χ2n) is 2.78. The molecule has 14 heavy (non-hydrogen) atoms. The van der Waals surface area contributed by atoms with Gasteiger partial charge in [0.1, 0.15) is 11.5 Å². The second kappa shape index (κ2) is 4.50. The van der Waals surface area contributed by atoms with Crippen molar-refractivity contribution in [2.75, 3.05) is 14.2 Å². The van der Waals surface area contributed by atoms with Crippen LogP contribution in [0.1, 0.15) is 12.5 Å². The molecule has 0 bridgehead atoms. The predicted molar refractivity (Wildman–Crippen MR) is 55.9 cm³/mol. The minimum Gasteiger partial charge on any atom is -0.497 e. The number of rotatable bonds is 3. The number of hydrogen-bond donors (Lipinski definition) is 1. The van der Waals surface area contributed by atoms with Crippen molar-refractivity contribution in [1.82, 2.24) is 0 Å². The van der Waals surface area contributed by atoms with Gasteiger partial charge in [0.25, 0.3) is 0 Å². The van der Waals surface area contributed by atoms with Crippen molar-refractivity contribution < 1.29 is 9.47 Å². The summed E-state index contributed by atoms with van der Waals surface area (Å²) < 4.78 is 10.3. The van der Waals surface area contributed by atoms with Crippen LogP contribution in [-0.4, -0.2) is 19.9 Å². The molecule has 0 aliphatic rings. The molecule has 4 nitrogen and oxygen atoms in total. The molecule has 0 amide bonds. The van der Waals surface area contributed by atoms with Crippen LogP contribution in [0, 0.1) is 0 Å². The van der Waals surface area contributed by atoms with Gasteiger partial charge < -0.3 is 15.3 Å². The monoisotopic (exact) mass is 194 g/mol. The summed E-state index contributed by atoms with van der Waals surface area (Å²) in [6.45, 7) is 1.82. The van der Waals surface area contributed by atoms with Gasteiger partial charge in [-0.1, -0.05) is 0 Å². The molecule has 0 aromatic heterocycles. The van der Waals surface area contributed by atoms with Gasteiger partial charge in [0.05, 0.1) is 19.9 Å². The van der Waals surface area contributed by atoms with Crippen LogP contribution in [0.25, 0.3) is 0 Å². The highest BCUT2D eigenvalue weighted by Gasteiger charge is 2.07. The van der Waals surface area contributed by atoms with Crippen molar-refractivity contribution in [3.05, 3.63) is 23.8 Å². The normalized spacial score (nSPS) is 11.2. The molecule has 1 aromatic rings. The van der Waals surface area contributed by atoms with Crippen LogP contribution >= 0.6 is 0 Å². The number of methoxy groups -OCH3 is 2. The molecule has 76 valence electrons. The van der Waals surface area contributed by atoms with Crippen LogP contribution in [0.2, 0.25) is 0 Å². The van der Waals surface area contributed by atoms with E-state index in [1.165, 1.54) is 0 Å². The van der Waals surface area contributed by atoms with E-state index in [2.05, 4.69) is 5.10 Å². The zero-order valence-electron chi connectivity index (χ0n) is 8.57. The van der Waals surface area contributed by atoms with E-state index in [4.69, 9.17) is 15.3 Å². The lowest BCUT2D eigenvalue weighted by molar-refractivity contribution is 0.394. The van der Waals surface area contributed by atoms with Crippen molar-refractivity contribution >= 4 is 5.71 Å². The third-order valence-electron chi connectivity index (χ3n) is 1.99. The van der Waals surface area contributed by atoms with Crippen molar-refractivity contribution in [1.29, 1.82) is 0 Å². The van der Waals surface area contributed by atoms with Gasteiger partial charge in [0, 0.05) is 11.6 Å². The van der Waals surface area contributed by atoms with Crippen LogP contribution in [0.15, 0.2) is 23.3 Å². The van der Waals surface area contributed by atoms with E-state index in [0.29, 0.717) is 5.75 Å². The maximum atomic E-state index is 5.20. The number of ether oxygens (including phenoxy) is 2. The lowest BCUT2D eigenvalue weighted by atomic mass is 10.1. The van der Waals surface area contributed by atoms with Gasteiger partial charge in [-0.2, -0.15) is 5.10 Å². The Hall–Kier alpha value is -1.71. The summed E-state index contributed by atoms with van der Waals surface area (Å²) in [5, 5.41) is 3.62. The zero-order valence-corrected chi connectivity index (χ0v) is 8.57. The van der Waals surface area contributed by atoms with E-state index in [1.54, 1.807) is 20.3 Å². The first-order valence-electron chi connectivity index (χ1n) is 4.19. The van der Waals surface area contributed by atoms with Gasteiger partial charge in [0.15, 0.2) is 0 Å². The fourth-order valence-corrected chi connectivity index (χ4v) is 1.17. The molecule has 0 heterocycles. The average Bonchev–Trinajstić information content (AvgIpc) is 2.27. The van der Waals surface area contributed by atoms with Gasteiger partial charge in [-0.25, -0.2) is 0 Å². The number of hydrogen-bond acceptors (Lipinski definition) is 4. The molecule has 0 saturated heterocycles. The first-order chi connectivity index (χ1) is 6.72. The molecule has 0 aliphatic heterocycles. The topological polar surface area (TPSA) is 56.8 Å². The highest BCUT2D eigenvalue weighted by Crippen LogP contribution is 2.24. The highest BCUT2D eigenvalue weighted by molar-refractivity contribution is 6.01. The third-order valence-corrected chi connectivity index (χ3v) is 1.99. The summed E-state index contributed by atoms with van der Waals surface area (Å²) in [5.41, 5.74) is 1.60. The molecule has 0 unspecified atom stereocenters. The Kier molecular flexibility index (Phi) is 3.34. The van der Waals surface area contributed by atoms with Crippen LogP contribution < -0.4 is 15.3 Å². The minimum atomic E-state index is 0.705. The summed E-state index contributed by atoms with van der Waals surface area (Å²) in [4.78, 5) is 0. The second-order valence-corrected chi connectivity index (χ2v) is 2.78. The minimum absolute atomic E-state index is 0.705. The third kappa shape index (κ3) is 1.96. The molecule has 2 N–H and O–H groups in total. The Morgan fingerprint density at radius 2 is 2.00 bits per heavy atom. The molecule has 4 heteroatoms. The molecule has 1 aromatic carbocycles. The van der Waals surface area contributed by atoms with E-state index in [-0.39, 0.29) is 0 Å². The van der Waals surface area contributed by atoms with E-state index in [9.17, 15) is 0 Å². The molecular weight excluding hydrogens is 180 g/mol. The highest BCUT2D eigenvalue weighted by atomic mass is 16.5. The molecule has 0 atom stereocenters. The van der Waals surface area contributed by atoms with Crippen LogP contribution in [-0.2, 0) is 0 Å². The van der Waals surface area contributed by atoms with Crippen molar-refractivity contribution in [3.8, 4) is 11.5 Å². The summed E-state index contributed by atoms with van der Waals surface area (Å²) in [7, 11) is 3.21. The fourth-order valence-electron chi connectivity index (χ4n) is 1.17. The van der Waals surface area contributed by atoms with Crippen LogP contribution in [0.4, 0.5) is 0 Å². The van der Waals surface area contributed by atoms with Crippen LogP contribution in [0.3, 0.4) is 0 Å². The standard InChI is InChI=1S/C10H14N2O2/c1-7(12-11)9-5-4-8(13-2)6-10(9)14-3/h4-6H,11H2,1-3H3/b12-7+. The van der Waals surface area contributed by atoms with Gasteiger partial charge in [0.2, 0.25) is 0 Å². The van der Waals surface area contributed by atoms with Gasteiger partial charge in [-0.05, 0) is 19.1 Å².